The highest BCUT2D eigenvalue weighted by Crippen LogP contribution is 2.52. The SMILES string of the molecule is COC1=NS[C@@]2(CC[C@H](C)N3C[C@H]2n2cc(C(=O)NCc4ccc(C)cc4F)c(=O)c(O)c2C3=O)C1. The first kappa shape index (κ1) is 24.4. The number of methoxy groups -OCH3 is 1. The molecule has 1 saturated heterocycles. The third kappa shape index (κ3) is 3.85. The van der Waals surface area contributed by atoms with Crippen LogP contribution in [0.4, 0.5) is 4.39 Å². The van der Waals surface area contributed by atoms with Crippen molar-refractivity contribution < 1.29 is 23.8 Å². The summed E-state index contributed by atoms with van der Waals surface area (Å²) in [6.45, 7) is 3.92. The molecule has 0 unspecified atom stereocenters. The molecule has 36 heavy (non-hydrogen) atoms. The summed E-state index contributed by atoms with van der Waals surface area (Å²) in [6.07, 6.45) is 3.32. The Morgan fingerprint density at radius 2 is 2.17 bits per heavy atom. The summed E-state index contributed by atoms with van der Waals surface area (Å²) < 4.78 is 25.2. The van der Waals surface area contributed by atoms with Gasteiger partial charge in [0.1, 0.15) is 11.4 Å². The minimum absolute atomic E-state index is 0.0952. The molecule has 190 valence electrons. The van der Waals surface area contributed by atoms with Crippen LogP contribution < -0.4 is 10.7 Å². The molecule has 2 bridgehead atoms. The minimum Gasteiger partial charge on any atom is -0.503 e. The number of carbonyl (C=O) groups excluding carboxylic acids is 2. The molecular formula is C25H27FN4O5S. The first-order valence-corrected chi connectivity index (χ1v) is 12.5. The normalized spacial score (nSPS) is 24.8. The molecule has 0 aliphatic carbocycles. The Morgan fingerprint density at radius 1 is 1.39 bits per heavy atom. The molecule has 2 aromatic rings. The molecule has 2 N–H and O–H groups in total. The molecule has 1 spiro atoms. The van der Waals surface area contributed by atoms with E-state index in [1.165, 1.54) is 24.2 Å². The first-order valence-electron chi connectivity index (χ1n) is 11.8. The molecular weight excluding hydrogens is 487 g/mol. The number of nitrogens with one attached hydrogen (secondary N) is 1. The van der Waals surface area contributed by atoms with E-state index in [4.69, 9.17) is 4.74 Å². The van der Waals surface area contributed by atoms with Gasteiger partial charge >= 0.3 is 0 Å². The highest BCUT2D eigenvalue weighted by Gasteiger charge is 2.53. The maximum Gasteiger partial charge on any atom is 0.274 e. The highest BCUT2D eigenvalue weighted by atomic mass is 32.2. The maximum atomic E-state index is 14.2. The predicted molar refractivity (Wildman–Crippen MR) is 133 cm³/mol. The summed E-state index contributed by atoms with van der Waals surface area (Å²) in [5.41, 5.74) is -0.363. The van der Waals surface area contributed by atoms with Crippen LogP contribution in [-0.2, 0) is 11.3 Å². The summed E-state index contributed by atoms with van der Waals surface area (Å²) in [5, 5.41) is 13.5. The second-order valence-electron chi connectivity index (χ2n) is 9.64. The zero-order chi connectivity index (χ0) is 25.8. The number of rotatable bonds is 3. The monoisotopic (exact) mass is 514 g/mol. The van der Waals surface area contributed by atoms with E-state index in [-0.39, 0.29) is 35.4 Å². The zero-order valence-corrected chi connectivity index (χ0v) is 21.0. The van der Waals surface area contributed by atoms with Crippen molar-refractivity contribution in [2.45, 2.75) is 56.5 Å². The number of aromatic hydroxyl groups is 1. The summed E-state index contributed by atoms with van der Waals surface area (Å²) in [5.74, 6) is -1.85. The fraction of sp³-hybridized carbons (Fsp3) is 0.440. The molecule has 2 amide bonds. The van der Waals surface area contributed by atoms with Crippen LogP contribution in [0.2, 0.25) is 0 Å². The maximum absolute atomic E-state index is 14.2. The summed E-state index contributed by atoms with van der Waals surface area (Å²) in [7, 11) is 1.56. The van der Waals surface area contributed by atoms with E-state index in [9.17, 15) is 23.9 Å². The molecule has 0 saturated carbocycles. The fourth-order valence-electron chi connectivity index (χ4n) is 5.26. The Kier molecular flexibility index (Phi) is 6.06. The minimum atomic E-state index is -0.939. The molecule has 1 fully saturated rings. The van der Waals surface area contributed by atoms with Gasteiger partial charge in [-0.1, -0.05) is 12.1 Å². The largest absolute Gasteiger partial charge is 0.503 e. The smallest absolute Gasteiger partial charge is 0.274 e. The van der Waals surface area contributed by atoms with Gasteiger partial charge in [0.2, 0.25) is 5.43 Å². The van der Waals surface area contributed by atoms with Gasteiger partial charge in [-0.05, 0) is 50.3 Å². The van der Waals surface area contributed by atoms with Gasteiger partial charge in [-0.25, -0.2) is 4.39 Å². The van der Waals surface area contributed by atoms with Gasteiger partial charge in [0, 0.05) is 37.3 Å². The fourth-order valence-corrected chi connectivity index (χ4v) is 6.39. The molecule has 0 radical (unpaired) electrons. The number of ether oxygens (including phenoxy) is 1. The number of hydrogen-bond acceptors (Lipinski definition) is 7. The van der Waals surface area contributed by atoms with Crippen LogP contribution >= 0.6 is 11.9 Å². The van der Waals surface area contributed by atoms with Crippen molar-refractivity contribution in [3.05, 3.63) is 62.8 Å². The van der Waals surface area contributed by atoms with Crippen LogP contribution in [0.15, 0.2) is 33.6 Å². The van der Waals surface area contributed by atoms with Gasteiger partial charge in [-0.2, -0.15) is 4.40 Å². The molecule has 4 heterocycles. The summed E-state index contributed by atoms with van der Waals surface area (Å²) >= 11 is 1.38. The Bertz CT molecular complexity index is 1360. The van der Waals surface area contributed by atoms with Crippen LogP contribution in [0.3, 0.4) is 0 Å². The molecule has 1 aromatic carbocycles. The molecule has 3 atom stereocenters. The standard InChI is InChI=1S/C25H27FN4O5S/c1-13-4-5-15(17(26)8-13)10-27-23(33)16-11-30-18-12-29(24(34)20(30)22(32)21(16)31)14(2)6-7-25(18)9-19(35-3)28-36-25/h4-5,8,11,14,18,32H,6-7,9-10,12H2,1-3H3,(H,27,33)/t14-,18+,25-/m0/s1. The van der Waals surface area contributed by atoms with Gasteiger partial charge < -0.3 is 24.6 Å². The van der Waals surface area contributed by atoms with Crippen molar-refractivity contribution in [3.8, 4) is 5.75 Å². The van der Waals surface area contributed by atoms with Crippen LogP contribution in [0.5, 0.6) is 5.75 Å². The molecule has 3 aliphatic heterocycles. The van der Waals surface area contributed by atoms with Crippen molar-refractivity contribution in [2.75, 3.05) is 13.7 Å². The zero-order valence-electron chi connectivity index (χ0n) is 20.2. The van der Waals surface area contributed by atoms with Crippen molar-refractivity contribution in [1.29, 1.82) is 0 Å². The average molecular weight is 515 g/mol. The number of halogens is 1. The second kappa shape index (κ2) is 8.95. The van der Waals surface area contributed by atoms with E-state index in [0.717, 1.165) is 18.4 Å². The third-order valence-electron chi connectivity index (χ3n) is 7.41. The van der Waals surface area contributed by atoms with Gasteiger partial charge in [0.05, 0.1) is 17.9 Å². The number of benzene rings is 1. The van der Waals surface area contributed by atoms with Crippen molar-refractivity contribution >= 4 is 29.7 Å². The Hall–Kier alpha value is -3.34. The molecule has 5 rings (SSSR count). The second-order valence-corrected chi connectivity index (χ2v) is 10.8. The van der Waals surface area contributed by atoms with Crippen molar-refractivity contribution in [1.82, 2.24) is 14.8 Å². The molecule has 9 nitrogen and oxygen atoms in total. The molecule has 11 heteroatoms. The number of nitrogens with zero attached hydrogens (tertiary/aromatic N) is 3. The lowest BCUT2D eigenvalue weighted by Crippen LogP contribution is -2.51. The van der Waals surface area contributed by atoms with Gasteiger partial charge in [0.25, 0.3) is 11.8 Å². The lowest BCUT2D eigenvalue weighted by molar-refractivity contribution is 0.0595. The first-order chi connectivity index (χ1) is 17.1. The molecule has 1 aromatic heterocycles. The Balaban J connectivity index is 1.54. The van der Waals surface area contributed by atoms with E-state index in [0.29, 0.717) is 18.9 Å². The van der Waals surface area contributed by atoms with Crippen molar-refractivity contribution in [2.24, 2.45) is 4.40 Å². The van der Waals surface area contributed by atoms with E-state index < -0.39 is 33.6 Å². The topological polar surface area (TPSA) is 113 Å². The quantitative estimate of drug-likeness (QED) is 0.609. The summed E-state index contributed by atoms with van der Waals surface area (Å²) in [4.78, 5) is 41.1. The van der Waals surface area contributed by atoms with Gasteiger partial charge in [-0.15, -0.1) is 0 Å². The lowest BCUT2D eigenvalue weighted by Gasteiger charge is -2.42. The number of aromatic nitrogens is 1. The molecule has 3 aliphatic rings. The number of aryl methyl sites for hydroxylation is 1. The van der Waals surface area contributed by atoms with Crippen molar-refractivity contribution in [3.63, 3.8) is 0 Å². The average Bonchev–Trinajstić information content (AvgIpc) is 3.23. The Morgan fingerprint density at radius 3 is 2.86 bits per heavy atom. The van der Waals surface area contributed by atoms with E-state index >= 15 is 0 Å². The van der Waals surface area contributed by atoms with Crippen LogP contribution in [0, 0.1) is 12.7 Å². The Labute approximate surface area is 211 Å². The number of pyridine rings is 1. The van der Waals surface area contributed by atoms with Crippen LogP contribution in [-0.4, -0.2) is 56.7 Å². The van der Waals surface area contributed by atoms with E-state index in [1.54, 1.807) is 35.6 Å². The number of carbonyl (C=O) groups is 2. The van der Waals surface area contributed by atoms with Crippen LogP contribution in [0.25, 0.3) is 0 Å². The van der Waals surface area contributed by atoms with Gasteiger partial charge in [-0.3, -0.25) is 14.4 Å². The van der Waals surface area contributed by atoms with E-state index in [1.807, 2.05) is 6.92 Å². The predicted octanol–water partition coefficient (Wildman–Crippen LogP) is 2.95. The number of hydrogen-bond donors (Lipinski definition) is 2. The van der Waals surface area contributed by atoms with Crippen LogP contribution in [0.1, 0.15) is 64.2 Å². The highest BCUT2D eigenvalue weighted by molar-refractivity contribution is 8.00. The van der Waals surface area contributed by atoms with Gasteiger partial charge in [0.15, 0.2) is 17.3 Å². The van der Waals surface area contributed by atoms with E-state index in [2.05, 4.69) is 9.71 Å². The third-order valence-corrected chi connectivity index (χ3v) is 8.69. The summed E-state index contributed by atoms with van der Waals surface area (Å²) in [6, 6.07) is 4.20. The number of amides is 2. The number of fused-ring (bicyclic) bond motifs is 5. The lowest BCUT2D eigenvalue weighted by atomic mass is 9.89.